The molecule has 5 heteroatoms. The molecule has 29 heavy (non-hydrogen) atoms. The molecule has 0 radical (unpaired) electrons. The van der Waals surface area contributed by atoms with Crippen LogP contribution in [0.15, 0.2) is 0 Å². The standard InChI is InChI=1S/C24H50O4S/c1-3-4-5-18-21-24(25)22-19-16-14-12-10-8-6-7-9-11-13-15-17-20-23(2)29(26,27)28/h23-25H,3-22H2,1-2H3,(H,26,27,28). The summed E-state index contributed by atoms with van der Waals surface area (Å²) >= 11 is 0. The normalized spacial score (nSPS) is 14.2. The topological polar surface area (TPSA) is 74.6 Å². The van der Waals surface area contributed by atoms with Gasteiger partial charge in [0.05, 0.1) is 11.4 Å². The fourth-order valence-corrected chi connectivity index (χ4v) is 4.32. The Morgan fingerprint density at radius 3 is 1.24 bits per heavy atom. The molecule has 4 nitrogen and oxygen atoms in total. The van der Waals surface area contributed by atoms with Crippen LogP contribution in [0.3, 0.4) is 0 Å². The van der Waals surface area contributed by atoms with Gasteiger partial charge in [0.15, 0.2) is 0 Å². The third-order valence-electron chi connectivity index (χ3n) is 6.05. The van der Waals surface area contributed by atoms with Crippen molar-refractivity contribution < 1.29 is 18.1 Å². The van der Waals surface area contributed by atoms with Crippen LogP contribution in [0.5, 0.6) is 0 Å². The van der Waals surface area contributed by atoms with E-state index < -0.39 is 15.4 Å². The van der Waals surface area contributed by atoms with Gasteiger partial charge in [-0.05, 0) is 26.2 Å². The van der Waals surface area contributed by atoms with Gasteiger partial charge in [0.2, 0.25) is 0 Å². The first-order valence-corrected chi connectivity index (χ1v) is 14.0. The lowest BCUT2D eigenvalue weighted by Crippen LogP contribution is -2.16. The van der Waals surface area contributed by atoms with Crippen LogP contribution in [0.4, 0.5) is 0 Å². The van der Waals surface area contributed by atoms with Crippen molar-refractivity contribution >= 4 is 10.1 Å². The van der Waals surface area contributed by atoms with Crippen molar-refractivity contribution in [2.45, 2.75) is 154 Å². The van der Waals surface area contributed by atoms with E-state index in [4.69, 9.17) is 4.55 Å². The summed E-state index contributed by atoms with van der Waals surface area (Å²) in [6, 6.07) is 0. The summed E-state index contributed by atoms with van der Waals surface area (Å²) in [7, 11) is -3.84. The zero-order valence-corrected chi connectivity index (χ0v) is 20.2. The number of aliphatic hydroxyl groups excluding tert-OH is 1. The maximum absolute atomic E-state index is 10.9. The van der Waals surface area contributed by atoms with Crippen molar-refractivity contribution in [2.24, 2.45) is 0 Å². The Labute approximate surface area is 182 Å². The molecule has 0 aromatic carbocycles. The molecule has 0 bridgehead atoms. The highest BCUT2D eigenvalue weighted by Crippen LogP contribution is 2.16. The second kappa shape index (κ2) is 19.8. The van der Waals surface area contributed by atoms with Gasteiger partial charge in [-0.25, -0.2) is 0 Å². The van der Waals surface area contributed by atoms with Gasteiger partial charge in [-0.3, -0.25) is 4.55 Å². The molecule has 0 fully saturated rings. The molecular formula is C24H50O4S. The minimum absolute atomic E-state index is 0.0713. The van der Waals surface area contributed by atoms with Gasteiger partial charge < -0.3 is 5.11 Å². The number of aliphatic hydroxyl groups is 1. The van der Waals surface area contributed by atoms with E-state index in [1.54, 1.807) is 6.92 Å². The van der Waals surface area contributed by atoms with Crippen LogP contribution in [0.2, 0.25) is 0 Å². The second-order valence-corrected chi connectivity index (χ2v) is 10.8. The maximum Gasteiger partial charge on any atom is 0.267 e. The van der Waals surface area contributed by atoms with Crippen LogP contribution in [-0.4, -0.2) is 29.4 Å². The third kappa shape index (κ3) is 20.9. The minimum Gasteiger partial charge on any atom is -0.393 e. The molecule has 2 atom stereocenters. The monoisotopic (exact) mass is 434 g/mol. The van der Waals surface area contributed by atoms with E-state index in [2.05, 4.69) is 6.92 Å². The zero-order valence-electron chi connectivity index (χ0n) is 19.4. The summed E-state index contributed by atoms with van der Waals surface area (Å²) in [5.74, 6) is 0. The predicted octanol–water partition coefficient (Wildman–Crippen LogP) is 7.45. The maximum atomic E-state index is 10.9. The lowest BCUT2D eigenvalue weighted by atomic mass is 10.0. The van der Waals surface area contributed by atoms with Gasteiger partial charge in [0, 0.05) is 0 Å². The summed E-state index contributed by atoms with van der Waals surface area (Å²) in [5, 5.41) is 9.34. The fourth-order valence-electron chi connectivity index (χ4n) is 3.86. The van der Waals surface area contributed by atoms with Crippen LogP contribution in [0.25, 0.3) is 0 Å². The number of unbranched alkanes of at least 4 members (excludes halogenated alkanes) is 15. The average molecular weight is 435 g/mol. The molecule has 0 spiro atoms. The molecular weight excluding hydrogens is 384 g/mol. The molecule has 0 aromatic rings. The first-order valence-electron chi connectivity index (χ1n) is 12.5. The van der Waals surface area contributed by atoms with Gasteiger partial charge in [0.1, 0.15) is 0 Å². The van der Waals surface area contributed by atoms with Gasteiger partial charge in [-0.15, -0.1) is 0 Å². The summed E-state index contributed by atoms with van der Waals surface area (Å²) in [5.41, 5.74) is 0. The molecule has 2 unspecified atom stereocenters. The molecule has 0 amide bonds. The van der Waals surface area contributed by atoms with E-state index in [0.29, 0.717) is 6.42 Å². The van der Waals surface area contributed by atoms with E-state index in [0.717, 1.165) is 25.7 Å². The largest absolute Gasteiger partial charge is 0.393 e. The van der Waals surface area contributed by atoms with Crippen LogP contribution in [0.1, 0.15) is 142 Å². The van der Waals surface area contributed by atoms with Crippen molar-refractivity contribution in [3.05, 3.63) is 0 Å². The molecule has 0 heterocycles. The van der Waals surface area contributed by atoms with Gasteiger partial charge in [-0.2, -0.15) is 8.42 Å². The van der Waals surface area contributed by atoms with Crippen molar-refractivity contribution in [3.8, 4) is 0 Å². The average Bonchev–Trinajstić information content (AvgIpc) is 2.67. The molecule has 176 valence electrons. The smallest absolute Gasteiger partial charge is 0.267 e. The zero-order chi connectivity index (χ0) is 21.8. The van der Waals surface area contributed by atoms with Gasteiger partial charge in [-0.1, -0.05) is 116 Å². The Morgan fingerprint density at radius 1 is 0.586 bits per heavy atom. The predicted molar refractivity (Wildman–Crippen MR) is 125 cm³/mol. The Balaban J connectivity index is 3.20. The van der Waals surface area contributed by atoms with Crippen molar-refractivity contribution in [2.75, 3.05) is 0 Å². The first kappa shape index (κ1) is 28.9. The van der Waals surface area contributed by atoms with Crippen LogP contribution < -0.4 is 0 Å². The number of rotatable bonds is 22. The Morgan fingerprint density at radius 2 is 0.897 bits per heavy atom. The lowest BCUT2D eigenvalue weighted by molar-refractivity contribution is 0.147. The molecule has 0 saturated heterocycles. The minimum atomic E-state index is -3.84. The van der Waals surface area contributed by atoms with E-state index >= 15 is 0 Å². The van der Waals surface area contributed by atoms with Crippen molar-refractivity contribution in [1.82, 2.24) is 0 Å². The van der Waals surface area contributed by atoms with Crippen molar-refractivity contribution in [1.29, 1.82) is 0 Å². The molecule has 2 N–H and O–H groups in total. The highest BCUT2D eigenvalue weighted by molar-refractivity contribution is 7.86. The van der Waals surface area contributed by atoms with Gasteiger partial charge >= 0.3 is 0 Å². The fraction of sp³-hybridized carbons (Fsp3) is 1.00. The Bertz CT molecular complexity index is 436. The van der Waals surface area contributed by atoms with E-state index in [1.165, 1.54) is 96.3 Å². The van der Waals surface area contributed by atoms with Gasteiger partial charge in [0.25, 0.3) is 10.1 Å². The summed E-state index contributed by atoms with van der Waals surface area (Å²) in [6.07, 6.45) is 23.5. The molecule has 0 aromatic heterocycles. The number of hydrogen-bond acceptors (Lipinski definition) is 3. The molecule has 0 aliphatic carbocycles. The summed E-state index contributed by atoms with van der Waals surface area (Å²) < 4.78 is 30.8. The summed E-state index contributed by atoms with van der Waals surface area (Å²) in [6.45, 7) is 3.80. The Kier molecular flexibility index (Phi) is 19.7. The molecule has 0 aliphatic rings. The lowest BCUT2D eigenvalue weighted by Gasteiger charge is -2.10. The number of hydrogen-bond donors (Lipinski definition) is 2. The van der Waals surface area contributed by atoms with Crippen molar-refractivity contribution in [3.63, 3.8) is 0 Å². The van der Waals surface area contributed by atoms with Crippen LogP contribution in [0, 0.1) is 0 Å². The van der Waals surface area contributed by atoms with E-state index in [1.807, 2.05) is 0 Å². The highest BCUT2D eigenvalue weighted by Gasteiger charge is 2.15. The Hall–Kier alpha value is -0.130. The van der Waals surface area contributed by atoms with E-state index in [-0.39, 0.29) is 6.10 Å². The van der Waals surface area contributed by atoms with Crippen LogP contribution >= 0.6 is 0 Å². The third-order valence-corrected chi connectivity index (χ3v) is 7.30. The van der Waals surface area contributed by atoms with Crippen LogP contribution in [-0.2, 0) is 10.1 Å². The molecule has 0 rings (SSSR count). The quantitative estimate of drug-likeness (QED) is 0.137. The van der Waals surface area contributed by atoms with E-state index in [9.17, 15) is 13.5 Å². The molecule has 0 aliphatic heterocycles. The summed E-state index contributed by atoms with van der Waals surface area (Å²) in [4.78, 5) is 0. The second-order valence-electron chi connectivity index (χ2n) is 9.00. The first-order chi connectivity index (χ1) is 13.9. The molecule has 0 saturated carbocycles. The highest BCUT2D eigenvalue weighted by atomic mass is 32.2. The SMILES string of the molecule is CCCCCCC(O)CCCCCCCCCCCCCCCC(C)S(=O)(=O)O.